The van der Waals surface area contributed by atoms with Crippen LogP contribution < -0.4 is 10.6 Å². The summed E-state index contributed by atoms with van der Waals surface area (Å²) in [7, 11) is 1.63. The molecule has 1 amide bonds. The minimum Gasteiger partial charge on any atom is -0.481 e. The number of carboxylic acids is 1. The summed E-state index contributed by atoms with van der Waals surface area (Å²) in [5.41, 5.74) is -1.74. The molecule has 2 unspecified atom stereocenters. The number of hydrogen-bond donors (Lipinski definition) is 3. The van der Waals surface area contributed by atoms with E-state index in [4.69, 9.17) is 9.47 Å². The summed E-state index contributed by atoms with van der Waals surface area (Å²) < 4.78 is 29.5. The van der Waals surface area contributed by atoms with Gasteiger partial charge < -0.3 is 19.9 Å². The van der Waals surface area contributed by atoms with E-state index in [0.29, 0.717) is 11.3 Å². The van der Waals surface area contributed by atoms with Gasteiger partial charge in [0.1, 0.15) is 12.7 Å². The van der Waals surface area contributed by atoms with Gasteiger partial charge in [0.15, 0.2) is 28.9 Å². The van der Waals surface area contributed by atoms with Gasteiger partial charge in [-0.05, 0) is 18.8 Å². The van der Waals surface area contributed by atoms with Crippen molar-refractivity contribution < 1.29 is 33.4 Å². The first-order valence-electron chi connectivity index (χ1n) is 12.8. The fraction of sp³-hybridized carbons (Fsp3) is 0.680. The van der Waals surface area contributed by atoms with Crippen molar-refractivity contribution in [2.24, 2.45) is 23.7 Å². The van der Waals surface area contributed by atoms with E-state index in [0.717, 1.165) is 0 Å². The highest BCUT2D eigenvalue weighted by Crippen LogP contribution is 2.51. The Balaban J connectivity index is 2.09. The van der Waals surface area contributed by atoms with E-state index in [2.05, 4.69) is 25.6 Å². The van der Waals surface area contributed by atoms with Crippen molar-refractivity contribution in [3.63, 3.8) is 0 Å². The van der Waals surface area contributed by atoms with Crippen LogP contribution in [0.25, 0.3) is 11.2 Å². The van der Waals surface area contributed by atoms with Crippen LogP contribution in [0.4, 0.5) is 16.2 Å². The van der Waals surface area contributed by atoms with Crippen molar-refractivity contribution in [3.05, 3.63) is 6.33 Å². The Bertz CT molecular complexity index is 1180. The normalized spacial score (nSPS) is 24.1. The molecule has 0 radical (unpaired) electrons. The molecule has 1 aliphatic heterocycles. The molecule has 3 N–H and O–H groups in total. The maximum absolute atomic E-state index is 16.8. The van der Waals surface area contributed by atoms with Gasteiger partial charge in [0.25, 0.3) is 0 Å². The van der Waals surface area contributed by atoms with Crippen LogP contribution in [0.1, 0.15) is 60.6 Å². The molecule has 2 aromatic rings. The van der Waals surface area contributed by atoms with Crippen molar-refractivity contribution in [1.29, 1.82) is 0 Å². The highest BCUT2D eigenvalue weighted by atomic mass is 19.1. The standard InChI is InChI=1S/C25H37FN6O6/c1-8-16(34)37-10-14-18(17(13(4)5)22(35)36)25(6,26)23(38-14)32-11-28-19-20(27-7)30-24(31-21(19)32)29-15(33)9-12(2)3/h11-14,17-18,23H,8-10H2,1-7H3,(H,35,36)(H2,27,29,30,31,33)/t14?,17?,18-,23+,25+/m0/s1. The van der Waals surface area contributed by atoms with Crippen molar-refractivity contribution in [3.8, 4) is 0 Å². The van der Waals surface area contributed by atoms with Gasteiger partial charge in [-0.15, -0.1) is 0 Å². The van der Waals surface area contributed by atoms with E-state index in [1.165, 1.54) is 17.8 Å². The monoisotopic (exact) mass is 536 g/mol. The number of carbonyl (C=O) groups is 3. The molecule has 1 saturated heterocycles. The average Bonchev–Trinajstić information content (AvgIpc) is 3.34. The van der Waals surface area contributed by atoms with Gasteiger partial charge in [0.05, 0.1) is 12.2 Å². The van der Waals surface area contributed by atoms with Crippen LogP contribution >= 0.6 is 0 Å². The third kappa shape index (κ3) is 5.87. The number of alkyl halides is 1. The lowest BCUT2D eigenvalue weighted by Gasteiger charge is -2.33. The Kier molecular flexibility index (Phi) is 8.90. The van der Waals surface area contributed by atoms with E-state index in [1.54, 1.807) is 27.8 Å². The number of ether oxygens (including phenoxy) is 2. The number of imidazole rings is 1. The van der Waals surface area contributed by atoms with E-state index in [-0.39, 0.29) is 42.9 Å². The van der Waals surface area contributed by atoms with Crippen LogP contribution in [-0.4, -0.2) is 67.9 Å². The third-order valence-corrected chi connectivity index (χ3v) is 6.68. The SMILES string of the molecule is CCC(=O)OCC1O[C@@H](n2cnc3c(NC)nc(NC(=O)CC(C)C)nc32)[C@](C)(F)[C@@H]1C(C(=O)O)C(C)C. The smallest absolute Gasteiger partial charge is 0.307 e. The molecular formula is C25H37FN6O6. The number of rotatable bonds is 11. The first kappa shape index (κ1) is 29.2. The number of halogens is 1. The average molecular weight is 537 g/mol. The van der Waals surface area contributed by atoms with Crippen molar-refractivity contribution in [2.75, 3.05) is 24.3 Å². The van der Waals surface area contributed by atoms with Gasteiger partial charge in [-0.25, -0.2) is 9.37 Å². The summed E-state index contributed by atoms with van der Waals surface area (Å²) in [4.78, 5) is 49.5. The summed E-state index contributed by atoms with van der Waals surface area (Å²) in [6.45, 7) is 9.81. The Morgan fingerprint density at radius 2 is 1.95 bits per heavy atom. The lowest BCUT2D eigenvalue weighted by molar-refractivity contribution is -0.152. The number of nitrogens with one attached hydrogen (secondary N) is 2. The van der Waals surface area contributed by atoms with E-state index >= 15 is 4.39 Å². The minimum absolute atomic E-state index is 0.00313. The summed E-state index contributed by atoms with van der Waals surface area (Å²) in [5, 5.41) is 15.6. The molecule has 0 saturated carbocycles. The molecule has 210 valence electrons. The van der Waals surface area contributed by atoms with Gasteiger partial charge in [-0.1, -0.05) is 34.6 Å². The highest BCUT2D eigenvalue weighted by molar-refractivity contribution is 5.91. The largest absolute Gasteiger partial charge is 0.481 e. The molecule has 5 atom stereocenters. The summed E-state index contributed by atoms with van der Waals surface area (Å²) in [5.74, 6) is -4.23. The Morgan fingerprint density at radius 1 is 1.26 bits per heavy atom. The number of carboxylic acid groups (broad SMARTS) is 1. The number of fused-ring (bicyclic) bond motifs is 1. The second-order valence-electron chi connectivity index (χ2n) is 10.5. The van der Waals surface area contributed by atoms with Gasteiger partial charge in [-0.3, -0.25) is 24.3 Å². The number of aromatic nitrogens is 4. The van der Waals surface area contributed by atoms with Crippen LogP contribution in [-0.2, 0) is 23.9 Å². The summed E-state index contributed by atoms with van der Waals surface area (Å²) >= 11 is 0. The van der Waals surface area contributed by atoms with Crippen LogP contribution in [0.2, 0.25) is 0 Å². The molecular weight excluding hydrogens is 499 g/mol. The van der Waals surface area contributed by atoms with Gasteiger partial charge in [-0.2, -0.15) is 9.97 Å². The number of carbonyl (C=O) groups excluding carboxylic acids is 2. The van der Waals surface area contributed by atoms with E-state index < -0.39 is 47.7 Å². The Morgan fingerprint density at radius 3 is 2.50 bits per heavy atom. The number of aliphatic carboxylic acids is 1. The Labute approximate surface area is 220 Å². The predicted octanol–water partition coefficient (Wildman–Crippen LogP) is 3.40. The topological polar surface area (TPSA) is 158 Å². The maximum Gasteiger partial charge on any atom is 0.307 e. The number of anilines is 2. The second kappa shape index (κ2) is 11.6. The zero-order chi connectivity index (χ0) is 28.4. The zero-order valence-corrected chi connectivity index (χ0v) is 22.8. The molecule has 13 heteroatoms. The van der Waals surface area contributed by atoms with Crippen LogP contribution in [0.15, 0.2) is 6.33 Å². The molecule has 3 heterocycles. The molecule has 0 bridgehead atoms. The fourth-order valence-electron chi connectivity index (χ4n) is 4.97. The van der Waals surface area contributed by atoms with E-state index in [9.17, 15) is 19.5 Å². The van der Waals surface area contributed by atoms with Crippen LogP contribution in [0.5, 0.6) is 0 Å². The summed E-state index contributed by atoms with van der Waals surface area (Å²) in [6, 6.07) is 0. The first-order valence-corrected chi connectivity index (χ1v) is 12.8. The molecule has 1 aliphatic rings. The Hall–Kier alpha value is -3.35. The molecule has 38 heavy (non-hydrogen) atoms. The lowest BCUT2D eigenvalue weighted by atomic mass is 9.73. The quantitative estimate of drug-likeness (QED) is 0.364. The number of nitrogens with zero attached hydrogens (tertiary/aromatic N) is 4. The number of esters is 1. The molecule has 0 aliphatic carbocycles. The maximum atomic E-state index is 16.8. The molecule has 12 nitrogen and oxygen atoms in total. The highest BCUT2D eigenvalue weighted by Gasteiger charge is 2.60. The summed E-state index contributed by atoms with van der Waals surface area (Å²) in [6.07, 6.45) is -0.674. The van der Waals surface area contributed by atoms with Crippen molar-refractivity contribution in [1.82, 2.24) is 19.5 Å². The number of amides is 1. The number of hydrogen-bond acceptors (Lipinski definition) is 9. The van der Waals surface area contributed by atoms with Gasteiger partial charge >= 0.3 is 11.9 Å². The molecule has 0 aromatic carbocycles. The van der Waals surface area contributed by atoms with Crippen LogP contribution in [0, 0.1) is 23.7 Å². The zero-order valence-electron chi connectivity index (χ0n) is 22.8. The minimum atomic E-state index is -2.23. The van der Waals surface area contributed by atoms with Crippen molar-refractivity contribution in [2.45, 2.75) is 72.4 Å². The lowest BCUT2D eigenvalue weighted by Crippen LogP contribution is -2.45. The molecule has 1 fully saturated rings. The molecule has 0 spiro atoms. The first-order chi connectivity index (χ1) is 17.8. The van der Waals surface area contributed by atoms with Gasteiger partial charge in [0, 0.05) is 25.8 Å². The van der Waals surface area contributed by atoms with E-state index in [1.807, 2.05) is 13.8 Å². The predicted molar refractivity (Wildman–Crippen MR) is 137 cm³/mol. The molecule has 2 aromatic heterocycles. The van der Waals surface area contributed by atoms with Crippen molar-refractivity contribution >= 4 is 40.8 Å². The second-order valence-corrected chi connectivity index (χ2v) is 10.5. The van der Waals surface area contributed by atoms with Crippen LogP contribution in [0.3, 0.4) is 0 Å². The molecule has 3 rings (SSSR count). The van der Waals surface area contributed by atoms with Gasteiger partial charge in [0.2, 0.25) is 11.9 Å². The third-order valence-electron chi connectivity index (χ3n) is 6.68. The fourth-order valence-corrected chi connectivity index (χ4v) is 4.97.